The molecule has 9 heteroatoms. The van der Waals surface area contributed by atoms with Gasteiger partial charge in [0.25, 0.3) is 5.69 Å². The molecule has 2 aliphatic rings. The van der Waals surface area contributed by atoms with E-state index < -0.39 is 4.92 Å². The summed E-state index contributed by atoms with van der Waals surface area (Å²) < 4.78 is 0. The predicted molar refractivity (Wildman–Crippen MR) is 100.0 cm³/mol. The lowest BCUT2D eigenvalue weighted by Gasteiger charge is -2.21. The number of fused-ring (bicyclic) bond motifs is 2. The molecule has 1 aromatic carbocycles. The van der Waals surface area contributed by atoms with Crippen molar-refractivity contribution in [1.29, 1.82) is 0 Å². The number of hydrogen-bond donors (Lipinski definition) is 3. The van der Waals surface area contributed by atoms with Gasteiger partial charge in [0.05, 0.1) is 15.6 Å². The van der Waals surface area contributed by atoms with Crippen molar-refractivity contribution in [3.05, 3.63) is 46.5 Å². The van der Waals surface area contributed by atoms with Gasteiger partial charge in [-0.15, -0.1) is 11.8 Å². The third-order valence-electron chi connectivity index (χ3n) is 4.33. The van der Waals surface area contributed by atoms with Crippen LogP contribution in [0.3, 0.4) is 0 Å². The average molecular weight is 378 g/mol. The zero-order valence-electron chi connectivity index (χ0n) is 13.3. The number of rotatable bonds is 5. The van der Waals surface area contributed by atoms with Crippen molar-refractivity contribution in [2.24, 2.45) is 11.8 Å². The van der Waals surface area contributed by atoms with Crippen LogP contribution < -0.4 is 16.2 Å². The van der Waals surface area contributed by atoms with E-state index in [4.69, 9.17) is 12.2 Å². The number of thioether (sulfide) groups is 1. The van der Waals surface area contributed by atoms with Gasteiger partial charge >= 0.3 is 0 Å². The standard InChI is InChI=1S/C16H18N4O3S2/c21-15(9-25-14-4-2-1-3-13(14)20(22)23)18-19-16(24)17-12-8-10-5-6-11(12)7-10/h1-6,10-12H,7-9H2,(H,18,21)(H2,17,19,24)/t10-,11+,12+/m0/s1. The first-order valence-electron chi connectivity index (χ1n) is 7.93. The summed E-state index contributed by atoms with van der Waals surface area (Å²) in [4.78, 5) is 22.9. The topological polar surface area (TPSA) is 96.3 Å². The number of nitrogens with zero attached hydrogens (tertiary/aromatic N) is 1. The van der Waals surface area contributed by atoms with Crippen molar-refractivity contribution in [2.75, 3.05) is 5.75 Å². The fourth-order valence-corrected chi connectivity index (χ4v) is 4.21. The molecule has 25 heavy (non-hydrogen) atoms. The third-order valence-corrected chi connectivity index (χ3v) is 5.61. The molecule has 0 radical (unpaired) electrons. The fourth-order valence-electron chi connectivity index (χ4n) is 3.19. The van der Waals surface area contributed by atoms with Gasteiger partial charge in [0.1, 0.15) is 0 Å². The molecular weight excluding hydrogens is 360 g/mol. The van der Waals surface area contributed by atoms with E-state index in [1.165, 1.54) is 12.5 Å². The van der Waals surface area contributed by atoms with Crippen molar-refractivity contribution in [3.8, 4) is 0 Å². The van der Waals surface area contributed by atoms with Gasteiger partial charge in [-0.05, 0) is 43.0 Å². The predicted octanol–water partition coefficient (Wildman–Crippen LogP) is 2.15. The lowest BCUT2D eigenvalue weighted by molar-refractivity contribution is -0.387. The second kappa shape index (κ2) is 7.83. The van der Waals surface area contributed by atoms with Crippen LogP contribution in [0.2, 0.25) is 0 Å². The number of para-hydroxylation sites is 1. The van der Waals surface area contributed by atoms with Gasteiger partial charge in [0.2, 0.25) is 5.91 Å². The molecule has 1 fully saturated rings. The maximum absolute atomic E-state index is 11.9. The summed E-state index contributed by atoms with van der Waals surface area (Å²) in [6.07, 6.45) is 6.70. The van der Waals surface area contributed by atoms with Crippen molar-refractivity contribution in [1.82, 2.24) is 16.2 Å². The van der Waals surface area contributed by atoms with E-state index in [0.29, 0.717) is 27.9 Å². The summed E-state index contributed by atoms with van der Waals surface area (Å²) in [5, 5.41) is 14.6. The molecule has 2 aliphatic carbocycles. The minimum absolute atomic E-state index is 0.00483. The maximum Gasteiger partial charge on any atom is 0.282 e. The van der Waals surface area contributed by atoms with E-state index in [1.807, 2.05) is 0 Å². The van der Waals surface area contributed by atoms with E-state index in [-0.39, 0.29) is 17.3 Å². The highest BCUT2D eigenvalue weighted by Gasteiger charge is 2.35. The van der Waals surface area contributed by atoms with Gasteiger partial charge in [0, 0.05) is 12.1 Å². The van der Waals surface area contributed by atoms with Crippen molar-refractivity contribution < 1.29 is 9.72 Å². The maximum atomic E-state index is 11.9. The highest BCUT2D eigenvalue weighted by molar-refractivity contribution is 8.00. The highest BCUT2D eigenvalue weighted by atomic mass is 32.2. The largest absolute Gasteiger partial charge is 0.358 e. The lowest BCUT2D eigenvalue weighted by atomic mass is 10.0. The smallest absolute Gasteiger partial charge is 0.282 e. The SMILES string of the molecule is O=C(CSc1ccccc1[N+](=O)[O-])NNC(=S)N[C@@H]1C[C@H]2C=C[C@@H]1C2. The minimum atomic E-state index is -0.457. The van der Waals surface area contributed by atoms with E-state index in [1.54, 1.807) is 18.2 Å². The third kappa shape index (κ3) is 4.49. The summed E-state index contributed by atoms with van der Waals surface area (Å²) in [6.45, 7) is 0. The Bertz CT molecular complexity index is 725. The van der Waals surface area contributed by atoms with Gasteiger partial charge in [0.15, 0.2) is 5.11 Å². The molecule has 3 N–H and O–H groups in total. The number of hydrazine groups is 1. The van der Waals surface area contributed by atoms with Gasteiger partial charge in [-0.2, -0.15) is 0 Å². The first-order valence-corrected chi connectivity index (χ1v) is 9.32. The molecule has 0 unspecified atom stereocenters. The van der Waals surface area contributed by atoms with Crippen LogP contribution in [-0.4, -0.2) is 27.7 Å². The Labute approximate surface area is 154 Å². The van der Waals surface area contributed by atoms with Crippen molar-refractivity contribution in [2.45, 2.75) is 23.8 Å². The van der Waals surface area contributed by atoms with Crippen LogP contribution in [0, 0.1) is 22.0 Å². The second-order valence-electron chi connectivity index (χ2n) is 6.05. The molecule has 7 nitrogen and oxygen atoms in total. The lowest BCUT2D eigenvalue weighted by Crippen LogP contribution is -2.50. The summed E-state index contributed by atoms with van der Waals surface area (Å²) in [5.41, 5.74) is 5.21. The number of thiocarbonyl (C=S) groups is 1. The van der Waals surface area contributed by atoms with E-state index >= 15 is 0 Å². The average Bonchev–Trinajstić information content (AvgIpc) is 3.21. The summed E-state index contributed by atoms with van der Waals surface area (Å²) in [7, 11) is 0. The normalized spacial score (nSPS) is 23.3. The van der Waals surface area contributed by atoms with E-state index in [2.05, 4.69) is 28.3 Å². The van der Waals surface area contributed by atoms with Gasteiger partial charge < -0.3 is 5.32 Å². The van der Waals surface area contributed by atoms with Crippen LogP contribution in [0.1, 0.15) is 12.8 Å². The molecule has 3 rings (SSSR count). The summed E-state index contributed by atoms with van der Waals surface area (Å²) in [6, 6.07) is 6.65. The van der Waals surface area contributed by atoms with Gasteiger partial charge in [-0.1, -0.05) is 24.3 Å². The zero-order chi connectivity index (χ0) is 17.8. The number of nitro benzene ring substituents is 1. The minimum Gasteiger partial charge on any atom is -0.358 e. The van der Waals surface area contributed by atoms with E-state index in [0.717, 1.165) is 18.2 Å². The molecule has 3 atom stereocenters. The molecular formula is C16H18N4O3S2. The number of carbonyl (C=O) groups is 1. The molecule has 0 saturated heterocycles. The molecule has 0 spiro atoms. The Morgan fingerprint density at radius 2 is 2.08 bits per heavy atom. The number of hydrogen-bond acceptors (Lipinski definition) is 5. The zero-order valence-corrected chi connectivity index (χ0v) is 14.9. The quantitative estimate of drug-likeness (QED) is 0.237. The number of nitrogens with one attached hydrogen (secondary N) is 3. The molecule has 132 valence electrons. The first kappa shape index (κ1) is 17.7. The van der Waals surface area contributed by atoms with Crippen molar-refractivity contribution >= 4 is 40.7 Å². The van der Waals surface area contributed by atoms with Crippen LogP contribution in [0.25, 0.3) is 0 Å². The number of benzene rings is 1. The molecule has 0 aromatic heterocycles. The number of nitro groups is 1. The van der Waals surface area contributed by atoms with Crippen LogP contribution in [-0.2, 0) is 4.79 Å². The first-order chi connectivity index (χ1) is 12.0. The van der Waals surface area contributed by atoms with Crippen molar-refractivity contribution in [3.63, 3.8) is 0 Å². The van der Waals surface area contributed by atoms with Crippen LogP contribution in [0.15, 0.2) is 41.3 Å². The Balaban J connectivity index is 1.40. The number of amides is 1. The van der Waals surface area contributed by atoms with Gasteiger partial charge in [-0.25, -0.2) is 0 Å². The molecule has 1 amide bonds. The molecule has 1 aromatic rings. The second-order valence-corrected chi connectivity index (χ2v) is 7.47. The Morgan fingerprint density at radius 3 is 2.76 bits per heavy atom. The highest BCUT2D eigenvalue weighted by Crippen LogP contribution is 2.38. The summed E-state index contributed by atoms with van der Waals surface area (Å²) in [5.74, 6) is 0.893. The van der Waals surface area contributed by atoms with Crippen LogP contribution in [0.4, 0.5) is 5.69 Å². The molecule has 0 aliphatic heterocycles. The van der Waals surface area contributed by atoms with Crippen LogP contribution >= 0.6 is 24.0 Å². The van der Waals surface area contributed by atoms with Crippen LogP contribution in [0.5, 0.6) is 0 Å². The summed E-state index contributed by atoms with van der Waals surface area (Å²) >= 11 is 6.31. The monoisotopic (exact) mass is 378 g/mol. The van der Waals surface area contributed by atoms with Gasteiger partial charge in [-0.3, -0.25) is 25.8 Å². The number of carbonyl (C=O) groups excluding carboxylic acids is 1. The molecule has 2 bridgehead atoms. The number of allylic oxidation sites excluding steroid dienone is 1. The fraction of sp³-hybridized carbons (Fsp3) is 0.375. The Kier molecular flexibility index (Phi) is 5.54. The molecule has 1 saturated carbocycles. The Morgan fingerprint density at radius 1 is 1.28 bits per heavy atom. The van der Waals surface area contributed by atoms with E-state index in [9.17, 15) is 14.9 Å². The Hall–Kier alpha value is -2.13. The molecule has 0 heterocycles.